The zero-order chi connectivity index (χ0) is 22.0. The third-order valence-electron chi connectivity index (χ3n) is 5.12. The minimum absolute atomic E-state index is 0.214. The van der Waals surface area contributed by atoms with Gasteiger partial charge in [-0.1, -0.05) is 30.3 Å². The van der Waals surface area contributed by atoms with E-state index in [2.05, 4.69) is 4.98 Å². The summed E-state index contributed by atoms with van der Waals surface area (Å²) in [5, 5.41) is 0. The second kappa shape index (κ2) is 8.39. The fraction of sp³-hybridized carbons (Fsp3) is 0.167. The smallest absolute Gasteiger partial charge is 0.274 e. The van der Waals surface area contributed by atoms with Gasteiger partial charge in [-0.05, 0) is 18.2 Å². The van der Waals surface area contributed by atoms with E-state index in [1.54, 1.807) is 25.2 Å². The van der Waals surface area contributed by atoms with Crippen molar-refractivity contribution < 1.29 is 19.0 Å². The zero-order valence-electron chi connectivity index (χ0n) is 17.8. The number of carbonyl (C=O) groups is 1. The number of H-pyrrole nitrogens is 1. The number of carbonyl (C=O) groups excluding carboxylic acids is 1. The number of nitrogens with zero attached hydrogens (tertiary/aromatic N) is 2. The molecular weight excluding hydrogens is 394 g/mol. The lowest BCUT2D eigenvalue weighted by Crippen LogP contribution is -2.26. The van der Waals surface area contributed by atoms with Gasteiger partial charge in [0.25, 0.3) is 5.91 Å². The van der Waals surface area contributed by atoms with Crippen molar-refractivity contribution in [1.82, 2.24) is 9.97 Å². The van der Waals surface area contributed by atoms with Gasteiger partial charge in [0.2, 0.25) is 5.75 Å². The van der Waals surface area contributed by atoms with Crippen molar-refractivity contribution in [3.8, 4) is 28.5 Å². The molecule has 31 heavy (non-hydrogen) atoms. The van der Waals surface area contributed by atoms with E-state index in [4.69, 9.17) is 19.2 Å². The summed E-state index contributed by atoms with van der Waals surface area (Å²) >= 11 is 0. The number of anilines is 1. The maximum absolute atomic E-state index is 13.2. The molecule has 1 N–H and O–H groups in total. The van der Waals surface area contributed by atoms with Gasteiger partial charge in [-0.15, -0.1) is 0 Å². The number of pyridine rings is 1. The molecule has 2 aromatic heterocycles. The van der Waals surface area contributed by atoms with Gasteiger partial charge in [0.05, 0.1) is 43.7 Å². The summed E-state index contributed by atoms with van der Waals surface area (Å²) in [4.78, 5) is 22.6. The van der Waals surface area contributed by atoms with Crippen molar-refractivity contribution in [3.05, 3.63) is 66.4 Å². The minimum Gasteiger partial charge on any atom is -0.493 e. The van der Waals surface area contributed by atoms with Crippen LogP contribution < -0.4 is 19.1 Å². The van der Waals surface area contributed by atoms with Gasteiger partial charge in [0.15, 0.2) is 11.5 Å². The Morgan fingerprint density at radius 3 is 2.19 bits per heavy atom. The molecule has 7 heteroatoms. The number of nitrogens with one attached hydrogen (secondary N) is 1. The van der Waals surface area contributed by atoms with Gasteiger partial charge < -0.3 is 24.1 Å². The van der Waals surface area contributed by atoms with E-state index >= 15 is 0 Å². The molecule has 4 rings (SSSR count). The molecule has 4 aromatic rings. The summed E-state index contributed by atoms with van der Waals surface area (Å²) in [5.41, 5.74) is 4.43. The standard InChI is InChI=1S/C24H23N3O4/c1-27(16-12-21(29-2)23(31-4)22(13-16)30-3)24(28)20-14-19-18(26-20)11-10-17(25-19)15-8-6-5-7-9-15/h5-14,26H,1-4H3. The van der Waals surface area contributed by atoms with Crippen LogP contribution in [-0.2, 0) is 0 Å². The third-order valence-corrected chi connectivity index (χ3v) is 5.12. The Morgan fingerprint density at radius 1 is 0.903 bits per heavy atom. The van der Waals surface area contributed by atoms with Crippen LogP contribution in [0.5, 0.6) is 17.2 Å². The van der Waals surface area contributed by atoms with Crippen LogP contribution in [0.15, 0.2) is 60.7 Å². The number of ether oxygens (including phenoxy) is 3. The van der Waals surface area contributed by atoms with Crippen LogP contribution in [0.25, 0.3) is 22.3 Å². The molecule has 0 unspecified atom stereocenters. The summed E-state index contributed by atoms with van der Waals surface area (Å²) in [6.07, 6.45) is 0. The molecule has 2 heterocycles. The number of hydrogen-bond donors (Lipinski definition) is 1. The molecule has 0 aliphatic heterocycles. The fourth-order valence-corrected chi connectivity index (χ4v) is 3.45. The monoisotopic (exact) mass is 417 g/mol. The molecule has 0 radical (unpaired) electrons. The Morgan fingerprint density at radius 2 is 1.58 bits per heavy atom. The summed E-state index contributed by atoms with van der Waals surface area (Å²) in [6, 6.07) is 19.0. The van der Waals surface area contributed by atoms with Gasteiger partial charge >= 0.3 is 0 Å². The van der Waals surface area contributed by atoms with E-state index < -0.39 is 0 Å². The van der Waals surface area contributed by atoms with E-state index in [0.717, 1.165) is 22.3 Å². The largest absolute Gasteiger partial charge is 0.493 e. The summed E-state index contributed by atoms with van der Waals surface area (Å²) in [5.74, 6) is 1.20. The highest BCUT2D eigenvalue weighted by atomic mass is 16.5. The van der Waals surface area contributed by atoms with Crippen molar-refractivity contribution in [2.24, 2.45) is 0 Å². The second-order valence-corrected chi connectivity index (χ2v) is 6.93. The SMILES string of the molecule is COc1cc(N(C)C(=O)c2cc3nc(-c4ccccc4)ccc3[nH]2)cc(OC)c1OC. The molecule has 0 bridgehead atoms. The molecular formula is C24H23N3O4. The predicted molar refractivity (Wildman–Crippen MR) is 120 cm³/mol. The molecule has 0 saturated carbocycles. The molecule has 7 nitrogen and oxygen atoms in total. The number of aromatic nitrogens is 2. The topological polar surface area (TPSA) is 76.7 Å². The molecule has 0 atom stereocenters. The lowest BCUT2D eigenvalue weighted by molar-refractivity contribution is 0.0989. The van der Waals surface area contributed by atoms with Crippen LogP contribution in [0.1, 0.15) is 10.5 Å². The Kier molecular flexibility index (Phi) is 5.49. The van der Waals surface area contributed by atoms with Crippen LogP contribution >= 0.6 is 0 Å². The molecule has 0 saturated heterocycles. The van der Waals surface area contributed by atoms with Crippen molar-refractivity contribution in [2.45, 2.75) is 0 Å². The van der Waals surface area contributed by atoms with Crippen LogP contribution in [0.3, 0.4) is 0 Å². The maximum atomic E-state index is 13.2. The number of aromatic amines is 1. The van der Waals surface area contributed by atoms with Gasteiger partial charge in [-0.2, -0.15) is 0 Å². The summed E-state index contributed by atoms with van der Waals surface area (Å²) in [7, 11) is 6.31. The Bertz CT molecular complexity index is 1210. The third kappa shape index (κ3) is 3.77. The van der Waals surface area contributed by atoms with Crippen molar-refractivity contribution >= 4 is 22.6 Å². The van der Waals surface area contributed by atoms with E-state index in [9.17, 15) is 4.79 Å². The number of amides is 1. The summed E-state index contributed by atoms with van der Waals surface area (Å²) < 4.78 is 16.2. The quantitative estimate of drug-likeness (QED) is 0.499. The zero-order valence-corrected chi connectivity index (χ0v) is 17.8. The van der Waals surface area contributed by atoms with Crippen LogP contribution in [-0.4, -0.2) is 44.3 Å². The molecule has 0 aliphatic rings. The van der Waals surface area contributed by atoms with Gasteiger partial charge in [-0.3, -0.25) is 4.79 Å². The van der Waals surface area contributed by atoms with E-state index in [0.29, 0.717) is 28.6 Å². The number of hydrogen-bond acceptors (Lipinski definition) is 5. The van der Waals surface area contributed by atoms with Gasteiger partial charge in [0.1, 0.15) is 5.69 Å². The Hall–Kier alpha value is -4.00. The highest BCUT2D eigenvalue weighted by Gasteiger charge is 2.21. The van der Waals surface area contributed by atoms with Crippen molar-refractivity contribution in [3.63, 3.8) is 0 Å². The molecule has 0 spiro atoms. The molecule has 2 aromatic carbocycles. The number of rotatable bonds is 6. The highest BCUT2D eigenvalue weighted by molar-refractivity contribution is 6.07. The maximum Gasteiger partial charge on any atom is 0.274 e. The number of methoxy groups -OCH3 is 3. The normalized spacial score (nSPS) is 10.7. The fourth-order valence-electron chi connectivity index (χ4n) is 3.45. The average molecular weight is 417 g/mol. The second-order valence-electron chi connectivity index (χ2n) is 6.93. The van der Waals surface area contributed by atoms with Gasteiger partial charge in [-0.25, -0.2) is 4.98 Å². The first-order valence-electron chi connectivity index (χ1n) is 9.69. The first-order chi connectivity index (χ1) is 15.0. The highest BCUT2D eigenvalue weighted by Crippen LogP contribution is 2.41. The average Bonchev–Trinajstić information content (AvgIpc) is 3.26. The van der Waals surface area contributed by atoms with Crippen molar-refractivity contribution in [1.29, 1.82) is 0 Å². The first-order valence-corrected chi connectivity index (χ1v) is 9.69. The minimum atomic E-state index is -0.214. The first kappa shape index (κ1) is 20.3. The Balaban J connectivity index is 1.67. The van der Waals surface area contributed by atoms with E-state index in [1.807, 2.05) is 42.5 Å². The molecule has 0 aliphatic carbocycles. The van der Waals surface area contributed by atoms with Gasteiger partial charge in [0, 0.05) is 24.7 Å². The lowest BCUT2D eigenvalue weighted by Gasteiger charge is -2.20. The summed E-state index contributed by atoms with van der Waals surface area (Å²) in [6.45, 7) is 0. The van der Waals surface area contributed by atoms with Crippen LogP contribution in [0.2, 0.25) is 0 Å². The Labute approximate surface area is 180 Å². The number of fused-ring (bicyclic) bond motifs is 1. The lowest BCUT2D eigenvalue weighted by atomic mass is 10.1. The van der Waals surface area contributed by atoms with E-state index in [-0.39, 0.29) is 5.91 Å². The van der Waals surface area contributed by atoms with Crippen molar-refractivity contribution in [2.75, 3.05) is 33.3 Å². The van der Waals surface area contributed by atoms with Crippen LogP contribution in [0.4, 0.5) is 5.69 Å². The van der Waals surface area contributed by atoms with Crippen LogP contribution in [0, 0.1) is 0 Å². The molecule has 0 fully saturated rings. The molecule has 158 valence electrons. The predicted octanol–water partition coefficient (Wildman–Crippen LogP) is 4.53. The molecule has 1 amide bonds. The van der Waals surface area contributed by atoms with E-state index in [1.165, 1.54) is 26.2 Å². The number of benzene rings is 2.